The number of nitrogens with zero attached hydrogens (tertiary/aromatic N) is 3. The van der Waals surface area contributed by atoms with Gasteiger partial charge in [-0.1, -0.05) is 47.1 Å². The number of nitrogens with one attached hydrogen (secondary N) is 1. The molecule has 0 radical (unpaired) electrons. The smallest absolute Gasteiger partial charge is 0.258 e. The fourth-order valence-electron chi connectivity index (χ4n) is 4.36. The monoisotopic (exact) mass is 464 g/mol. The van der Waals surface area contributed by atoms with Gasteiger partial charge < -0.3 is 19.5 Å². The van der Waals surface area contributed by atoms with Crippen LogP contribution in [0.15, 0.2) is 58.8 Å². The zero-order chi connectivity index (χ0) is 22.9. The Morgan fingerprint density at radius 1 is 1.18 bits per heavy atom. The molecule has 0 spiro atoms. The predicted molar refractivity (Wildman–Crippen MR) is 128 cm³/mol. The minimum Gasteiger partial charge on any atom is -0.376 e. The molecule has 6 nitrogen and oxygen atoms in total. The Morgan fingerprint density at radius 3 is 2.73 bits per heavy atom. The van der Waals surface area contributed by atoms with Gasteiger partial charge in [0, 0.05) is 17.9 Å². The van der Waals surface area contributed by atoms with Gasteiger partial charge in [-0.05, 0) is 56.6 Å². The molecule has 0 saturated carbocycles. The zero-order valence-electron chi connectivity index (χ0n) is 18.5. The highest BCUT2D eigenvalue weighted by molar-refractivity contribution is 7.80. The van der Waals surface area contributed by atoms with Gasteiger partial charge in [0.25, 0.3) is 5.89 Å². The first-order chi connectivity index (χ1) is 16.0. The molecule has 2 aliphatic rings. The van der Waals surface area contributed by atoms with Gasteiger partial charge in [0.15, 0.2) is 5.11 Å². The normalized spacial score (nSPS) is 20.9. The molecular formula is C25H25FN4O2S. The lowest BCUT2D eigenvalue weighted by molar-refractivity contribution is 0.0962. The Balaban J connectivity index is 1.57. The lowest BCUT2D eigenvalue weighted by Gasteiger charge is -2.38. The van der Waals surface area contributed by atoms with Crippen LogP contribution in [0.2, 0.25) is 0 Å². The van der Waals surface area contributed by atoms with Gasteiger partial charge in [-0.2, -0.15) is 4.98 Å². The first-order valence-electron chi connectivity index (χ1n) is 11.1. The predicted octanol–water partition coefficient (Wildman–Crippen LogP) is 5.03. The van der Waals surface area contributed by atoms with Crippen molar-refractivity contribution in [3.05, 3.63) is 77.1 Å². The zero-order valence-corrected chi connectivity index (χ0v) is 19.4. The molecule has 3 heterocycles. The Bertz CT molecular complexity index is 1200. The average Bonchev–Trinajstić information content (AvgIpc) is 3.49. The first kappa shape index (κ1) is 21.7. The summed E-state index contributed by atoms with van der Waals surface area (Å²) < 4.78 is 25.3. The van der Waals surface area contributed by atoms with Gasteiger partial charge in [0.2, 0.25) is 5.82 Å². The SMILES string of the molecule is CC1=C(c2nc(-c3cccc(F)c3)no2)C(c2ccc(C)cc2)NC(=S)N1CC1CCCO1. The van der Waals surface area contributed by atoms with E-state index in [-0.39, 0.29) is 18.0 Å². The van der Waals surface area contributed by atoms with Crippen molar-refractivity contribution < 1.29 is 13.7 Å². The molecule has 2 unspecified atom stereocenters. The van der Waals surface area contributed by atoms with E-state index in [1.54, 1.807) is 12.1 Å². The van der Waals surface area contributed by atoms with Gasteiger partial charge in [0.05, 0.1) is 24.3 Å². The van der Waals surface area contributed by atoms with Gasteiger partial charge >= 0.3 is 0 Å². The second-order valence-corrected chi connectivity index (χ2v) is 8.86. The molecule has 1 aromatic heterocycles. The first-order valence-corrected chi connectivity index (χ1v) is 11.5. The third-order valence-corrected chi connectivity index (χ3v) is 6.49. The molecule has 8 heteroatoms. The van der Waals surface area contributed by atoms with Crippen LogP contribution in [0.4, 0.5) is 4.39 Å². The van der Waals surface area contributed by atoms with Crippen LogP contribution in [-0.4, -0.2) is 39.4 Å². The fraction of sp³-hybridized carbons (Fsp3) is 0.320. The molecule has 0 amide bonds. The van der Waals surface area contributed by atoms with E-state index >= 15 is 0 Å². The van der Waals surface area contributed by atoms with Crippen molar-refractivity contribution in [2.75, 3.05) is 13.2 Å². The number of halogens is 1. The summed E-state index contributed by atoms with van der Waals surface area (Å²) in [7, 11) is 0. The van der Waals surface area contributed by atoms with Crippen LogP contribution >= 0.6 is 12.2 Å². The van der Waals surface area contributed by atoms with Gasteiger partial charge in [0.1, 0.15) is 5.82 Å². The van der Waals surface area contributed by atoms with E-state index in [1.165, 1.54) is 17.7 Å². The molecule has 170 valence electrons. The molecule has 1 saturated heterocycles. The lowest BCUT2D eigenvalue weighted by atomic mass is 9.94. The van der Waals surface area contributed by atoms with E-state index in [0.717, 1.165) is 36.3 Å². The topological polar surface area (TPSA) is 63.4 Å². The van der Waals surface area contributed by atoms with Crippen molar-refractivity contribution in [2.24, 2.45) is 0 Å². The van der Waals surface area contributed by atoms with Crippen LogP contribution in [0.3, 0.4) is 0 Å². The summed E-state index contributed by atoms with van der Waals surface area (Å²) in [4.78, 5) is 6.69. The van der Waals surface area contributed by atoms with Crippen LogP contribution in [0.5, 0.6) is 0 Å². The number of hydrogen-bond donors (Lipinski definition) is 1. The maximum atomic E-state index is 13.7. The minimum absolute atomic E-state index is 0.127. The highest BCUT2D eigenvalue weighted by atomic mass is 32.1. The van der Waals surface area contributed by atoms with E-state index in [0.29, 0.717) is 28.9 Å². The molecule has 1 fully saturated rings. The fourth-order valence-corrected chi connectivity index (χ4v) is 4.69. The van der Waals surface area contributed by atoms with Crippen LogP contribution in [0, 0.1) is 12.7 Å². The standard InChI is InChI=1S/C25H25FN4O2S/c1-15-8-10-17(11-9-15)22-21(16(2)30(25(33)27-22)14-20-7-4-12-31-20)24-28-23(29-32-24)18-5-3-6-19(26)13-18/h3,5-6,8-11,13,20,22H,4,7,12,14H2,1-2H3,(H,27,33). The molecule has 3 aromatic rings. The van der Waals surface area contributed by atoms with Crippen LogP contribution in [0.1, 0.15) is 42.8 Å². The number of benzene rings is 2. The number of aryl methyl sites for hydroxylation is 1. The van der Waals surface area contributed by atoms with Crippen molar-refractivity contribution in [3.63, 3.8) is 0 Å². The van der Waals surface area contributed by atoms with Crippen molar-refractivity contribution in [1.82, 2.24) is 20.4 Å². The highest BCUT2D eigenvalue weighted by Crippen LogP contribution is 2.38. The average molecular weight is 465 g/mol. The van der Waals surface area contributed by atoms with Crippen LogP contribution in [0.25, 0.3) is 17.0 Å². The Hall–Kier alpha value is -3.10. The highest BCUT2D eigenvalue weighted by Gasteiger charge is 2.35. The third-order valence-electron chi connectivity index (χ3n) is 6.16. The largest absolute Gasteiger partial charge is 0.376 e. The maximum absolute atomic E-state index is 13.7. The van der Waals surface area contributed by atoms with Crippen LogP contribution < -0.4 is 5.32 Å². The summed E-state index contributed by atoms with van der Waals surface area (Å²) in [6, 6.07) is 14.2. The third kappa shape index (κ3) is 4.41. The second-order valence-electron chi connectivity index (χ2n) is 8.47. The number of thiocarbonyl (C=S) groups is 1. The second kappa shape index (κ2) is 9.03. The number of ether oxygens (including phenoxy) is 1. The molecule has 1 N–H and O–H groups in total. The Kier molecular flexibility index (Phi) is 5.95. The van der Waals surface area contributed by atoms with E-state index in [1.807, 2.05) is 6.92 Å². The van der Waals surface area contributed by atoms with Gasteiger partial charge in [-0.15, -0.1) is 0 Å². The number of aromatic nitrogens is 2. The lowest BCUT2D eigenvalue weighted by Crippen LogP contribution is -2.48. The molecule has 2 aliphatic heterocycles. The molecule has 0 aliphatic carbocycles. The molecule has 0 bridgehead atoms. The molecule has 2 atom stereocenters. The summed E-state index contributed by atoms with van der Waals surface area (Å²) in [5.74, 6) is 0.371. The summed E-state index contributed by atoms with van der Waals surface area (Å²) in [5.41, 5.74) is 4.56. The summed E-state index contributed by atoms with van der Waals surface area (Å²) in [6.07, 6.45) is 2.19. The van der Waals surface area contributed by atoms with E-state index in [9.17, 15) is 4.39 Å². The molecule has 2 aromatic carbocycles. The number of allylic oxidation sites excluding steroid dienone is 1. The van der Waals surface area contributed by atoms with Crippen molar-refractivity contribution in [3.8, 4) is 11.4 Å². The van der Waals surface area contributed by atoms with Crippen molar-refractivity contribution in [2.45, 2.75) is 38.8 Å². The molecular weight excluding hydrogens is 439 g/mol. The van der Waals surface area contributed by atoms with Crippen molar-refractivity contribution >= 4 is 22.9 Å². The van der Waals surface area contributed by atoms with Gasteiger partial charge in [-0.3, -0.25) is 0 Å². The summed E-state index contributed by atoms with van der Waals surface area (Å²) in [6.45, 7) is 5.51. The maximum Gasteiger partial charge on any atom is 0.258 e. The Morgan fingerprint density at radius 2 is 2.00 bits per heavy atom. The van der Waals surface area contributed by atoms with Crippen LogP contribution in [-0.2, 0) is 4.74 Å². The molecule has 33 heavy (non-hydrogen) atoms. The van der Waals surface area contributed by atoms with E-state index in [2.05, 4.69) is 51.5 Å². The number of rotatable bonds is 5. The number of hydrogen-bond acceptors (Lipinski definition) is 5. The van der Waals surface area contributed by atoms with E-state index in [4.69, 9.17) is 21.5 Å². The summed E-state index contributed by atoms with van der Waals surface area (Å²) >= 11 is 5.76. The Labute approximate surface area is 197 Å². The summed E-state index contributed by atoms with van der Waals surface area (Å²) in [5, 5.41) is 8.25. The van der Waals surface area contributed by atoms with E-state index < -0.39 is 0 Å². The van der Waals surface area contributed by atoms with Crippen molar-refractivity contribution in [1.29, 1.82) is 0 Å². The van der Waals surface area contributed by atoms with Gasteiger partial charge in [-0.25, -0.2) is 4.39 Å². The molecule has 5 rings (SSSR count). The quantitative estimate of drug-likeness (QED) is 0.532. The minimum atomic E-state index is -0.348.